The minimum absolute atomic E-state index is 0.192. The third-order valence-corrected chi connectivity index (χ3v) is 4.33. The van der Waals surface area contributed by atoms with Crippen molar-refractivity contribution >= 4 is 39.6 Å². The Labute approximate surface area is 159 Å². The van der Waals surface area contributed by atoms with Crippen LogP contribution in [-0.2, 0) is 4.79 Å². The number of halogens is 1. The van der Waals surface area contributed by atoms with Crippen LogP contribution in [0, 0.1) is 0 Å². The maximum Gasteiger partial charge on any atom is 0.333 e. The lowest BCUT2D eigenvalue weighted by Gasteiger charge is -2.12. The zero-order valence-corrected chi connectivity index (χ0v) is 15.9. The van der Waals surface area contributed by atoms with Gasteiger partial charge in [-0.3, -0.25) is 4.79 Å². The Morgan fingerprint density at radius 1 is 1.19 bits per heavy atom. The van der Waals surface area contributed by atoms with Crippen LogP contribution in [0.5, 0.6) is 11.5 Å². The first kappa shape index (κ1) is 18.0. The molecule has 1 saturated heterocycles. The summed E-state index contributed by atoms with van der Waals surface area (Å²) in [5, 5.41) is 2.61. The summed E-state index contributed by atoms with van der Waals surface area (Å²) in [5.74, 6) is 0.708. The molecular formula is C19H17BrN2O4. The van der Waals surface area contributed by atoms with E-state index in [1.807, 2.05) is 13.0 Å². The Hall–Kier alpha value is -2.80. The summed E-state index contributed by atoms with van der Waals surface area (Å²) in [4.78, 5) is 26.0. The van der Waals surface area contributed by atoms with Crippen molar-refractivity contribution in [3.05, 3.63) is 58.2 Å². The summed E-state index contributed by atoms with van der Waals surface area (Å²) < 4.78 is 11.6. The van der Waals surface area contributed by atoms with Gasteiger partial charge < -0.3 is 14.8 Å². The van der Waals surface area contributed by atoms with Crippen LogP contribution in [0.3, 0.4) is 0 Å². The number of hydrogen-bond acceptors (Lipinski definition) is 4. The van der Waals surface area contributed by atoms with E-state index in [1.54, 1.807) is 49.6 Å². The molecule has 1 fully saturated rings. The predicted octanol–water partition coefficient (Wildman–Crippen LogP) is 3.95. The fourth-order valence-electron chi connectivity index (χ4n) is 2.62. The molecule has 6 nitrogen and oxygen atoms in total. The van der Waals surface area contributed by atoms with E-state index in [-0.39, 0.29) is 5.70 Å². The summed E-state index contributed by atoms with van der Waals surface area (Å²) in [6.45, 7) is 2.38. The summed E-state index contributed by atoms with van der Waals surface area (Å²) in [6, 6.07) is 11.8. The average Bonchev–Trinajstić information content (AvgIpc) is 2.91. The van der Waals surface area contributed by atoms with Gasteiger partial charge in [-0.15, -0.1) is 0 Å². The van der Waals surface area contributed by atoms with E-state index >= 15 is 0 Å². The molecular weight excluding hydrogens is 400 g/mol. The quantitative estimate of drug-likeness (QED) is 0.591. The van der Waals surface area contributed by atoms with Crippen LogP contribution in [0.25, 0.3) is 6.08 Å². The smallest absolute Gasteiger partial charge is 0.333 e. The van der Waals surface area contributed by atoms with Gasteiger partial charge in [0.2, 0.25) is 0 Å². The molecule has 0 radical (unpaired) electrons. The molecule has 1 aliphatic rings. The van der Waals surface area contributed by atoms with Crippen molar-refractivity contribution in [2.75, 3.05) is 18.6 Å². The van der Waals surface area contributed by atoms with Gasteiger partial charge in [0.15, 0.2) is 11.5 Å². The van der Waals surface area contributed by atoms with Crippen LogP contribution in [-0.4, -0.2) is 25.7 Å². The number of ether oxygens (including phenoxy) is 2. The molecule has 0 bridgehead atoms. The van der Waals surface area contributed by atoms with E-state index in [4.69, 9.17) is 9.47 Å². The molecule has 1 heterocycles. The predicted molar refractivity (Wildman–Crippen MR) is 102 cm³/mol. The Balaban J connectivity index is 1.95. The van der Waals surface area contributed by atoms with Gasteiger partial charge in [0.25, 0.3) is 5.91 Å². The standard InChI is InChI=1S/C19H17BrN2O4/c1-3-26-17-14(20)9-12(11-16(17)25-2)10-15-18(23)22(19(24)21-15)13-7-5-4-6-8-13/h4-11H,3H2,1-2H3,(H,21,24)/b15-10+. The van der Waals surface area contributed by atoms with Gasteiger partial charge in [-0.1, -0.05) is 18.2 Å². The van der Waals surface area contributed by atoms with Crippen LogP contribution in [0.2, 0.25) is 0 Å². The van der Waals surface area contributed by atoms with E-state index in [0.29, 0.717) is 33.8 Å². The van der Waals surface area contributed by atoms with Crippen LogP contribution in [0.4, 0.5) is 10.5 Å². The highest BCUT2D eigenvalue weighted by Gasteiger charge is 2.34. The number of urea groups is 1. The lowest BCUT2D eigenvalue weighted by Crippen LogP contribution is -2.30. The molecule has 3 rings (SSSR count). The number of imide groups is 1. The molecule has 0 unspecified atom stereocenters. The van der Waals surface area contributed by atoms with E-state index < -0.39 is 11.9 Å². The molecule has 0 spiro atoms. The number of nitrogens with one attached hydrogen (secondary N) is 1. The SMILES string of the molecule is CCOc1c(Br)cc(/C=C2/NC(=O)N(c3ccccc3)C2=O)cc1OC. The Morgan fingerprint density at radius 3 is 2.58 bits per heavy atom. The Morgan fingerprint density at radius 2 is 1.92 bits per heavy atom. The Kier molecular flexibility index (Phi) is 5.27. The number of rotatable bonds is 5. The topological polar surface area (TPSA) is 67.9 Å². The summed E-state index contributed by atoms with van der Waals surface area (Å²) in [6.07, 6.45) is 1.60. The minimum atomic E-state index is -0.482. The number of methoxy groups -OCH3 is 1. The van der Waals surface area contributed by atoms with Crippen molar-refractivity contribution in [1.82, 2.24) is 5.32 Å². The second-order valence-corrected chi connectivity index (χ2v) is 6.29. The van der Waals surface area contributed by atoms with Crippen molar-refractivity contribution in [3.8, 4) is 11.5 Å². The normalized spacial score (nSPS) is 15.3. The van der Waals surface area contributed by atoms with Gasteiger partial charge in [0.1, 0.15) is 5.70 Å². The number of carbonyl (C=O) groups excluding carboxylic acids is 2. The van der Waals surface area contributed by atoms with Crippen molar-refractivity contribution < 1.29 is 19.1 Å². The van der Waals surface area contributed by atoms with Gasteiger partial charge in [-0.25, -0.2) is 9.69 Å². The number of para-hydroxylation sites is 1. The first-order valence-electron chi connectivity index (χ1n) is 7.97. The lowest BCUT2D eigenvalue weighted by molar-refractivity contribution is -0.113. The number of amides is 3. The third kappa shape index (κ3) is 3.43. The van der Waals surface area contributed by atoms with Crippen LogP contribution in [0.1, 0.15) is 12.5 Å². The molecule has 2 aromatic carbocycles. The first-order valence-corrected chi connectivity index (χ1v) is 8.77. The summed E-state index contributed by atoms with van der Waals surface area (Å²) in [7, 11) is 1.54. The van der Waals surface area contributed by atoms with Crippen molar-refractivity contribution in [3.63, 3.8) is 0 Å². The molecule has 1 N–H and O–H groups in total. The zero-order valence-electron chi connectivity index (χ0n) is 14.3. The molecule has 0 aliphatic carbocycles. The van der Waals surface area contributed by atoms with Gasteiger partial charge in [-0.05, 0) is 58.8 Å². The van der Waals surface area contributed by atoms with E-state index in [2.05, 4.69) is 21.2 Å². The molecule has 0 aromatic heterocycles. The molecule has 0 atom stereocenters. The maximum absolute atomic E-state index is 12.6. The molecule has 1 aliphatic heterocycles. The van der Waals surface area contributed by atoms with Gasteiger partial charge in [-0.2, -0.15) is 0 Å². The highest BCUT2D eigenvalue weighted by atomic mass is 79.9. The fourth-order valence-corrected chi connectivity index (χ4v) is 3.20. The summed E-state index contributed by atoms with van der Waals surface area (Å²) in [5.41, 5.74) is 1.40. The van der Waals surface area contributed by atoms with Crippen LogP contribution in [0.15, 0.2) is 52.6 Å². The molecule has 7 heteroatoms. The minimum Gasteiger partial charge on any atom is -0.493 e. The van der Waals surface area contributed by atoms with E-state index in [9.17, 15) is 9.59 Å². The molecule has 3 amide bonds. The third-order valence-electron chi connectivity index (χ3n) is 3.74. The van der Waals surface area contributed by atoms with E-state index in [0.717, 1.165) is 4.90 Å². The van der Waals surface area contributed by atoms with Crippen LogP contribution >= 0.6 is 15.9 Å². The van der Waals surface area contributed by atoms with E-state index in [1.165, 1.54) is 0 Å². The Bertz CT molecular complexity index is 881. The molecule has 26 heavy (non-hydrogen) atoms. The lowest BCUT2D eigenvalue weighted by atomic mass is 10.1. The average molecular weight is 417 g/mol. The molecule has 2 aromatic rings. The zero-order chi connectivity index (χ0) is 18.7. The first-order chi connectivity index (χ1) is 12.5. The maximum atomic E-state index is 12.6. The fraction of sp³-hybridized carbons (Fsp3) is 0.158. The van der Waals surface area contributed by atoms with Gasteiger partial charge >= 0.3 is 6.03 Å². The number of anilines is 1. The van der Waals surface area contributed by atoms with Crippen molar-refractivity contribution in [2.45, 2.75) is 6.92 Å². The second kappa shape index (κ2) is 7.61. The number of carbonyl (C=O) groups is 2. The molecule has 0 saturated carbocycles. The summed E-state index contributed by atoms with van der Waals surface area (Å²) >= 11 is 3.45. The van der Waals surface area contributed by atoms with Crippen molar-refractivity contribution in [1.29, 1.82) is 0 Å². The largest absolute Gasteiger partial charge is 0.493 e. The number of nitrogens with zero attached hydrogens (tertiary/aromatic N) is 1. The monoisotopic (exact) mass is 416 g/mol. The van der Waals surface area contributed by atoms with Gasteiger partial charge in [0.05, 0.1) is 23.9 Å². The molecule has 134 valence electrons. The highest BCUT2D eigenvalue weighted by molar-refractivity contribution is 9.10. The number of benzene rings is 2. The highest BCUT2D eigenvalue weighted by Crippen LogP contribution is 2.37. The number of hydrogen-bond donors (Lipinski definition) is 1. The van der Waals surface area contributed by atoms with Crippen LogP contribution < -0.4 is 19.7 Å². The van der Waals surface area contributed by atoms with Gasteiger partial charge in [0, 0.05) is 0 Å². The van der Waals surface area contributed by atoms with Crippen molar-refractivity contribution in [2.24, 2.45) is 0 Å². The second-order valence-electron chi connectivity index (χ2n) is 5.43.